The highest BCUT2D eigenvalue weighted by molar-refractivity contribution is 7.09. The Morgan fingerprint density at radius 1 is 1.47 bits per heavy atom. The van der Waals surface area contributed by atoms with Gasteiger partial charge < -0.3 is 5.32 Å². The SMILES string of the molecule is CCN(Cc1cccs1)CC1(CC)CCNC1. The average Bonchev–Trinajstić information content (AvgIpc) is 3.00. The molecular formula is C14H24N2S. The molecule has 0 bridgehead atoms. The van der Waals surface area contributed by atoms with Crippen LogP contribution in [0.1, 0.15) is 31.6 Å². The van der Waals surface area contributed by atoms with E-state index in [1.807, 2.05) is 11.3 Å². The van der Waals surface area contributed by atoms with Gasteiger partial charge in [0.2, 0.25) is 0 Å². The monoisotopic (exact) mass is 252 g/mol. The summed E-state index contributed by atoms with van der Waals surface area (Å²) in [5.41, 5.74) is 0.521. The lowest BCUT2D eigenvalue weighted by atomic mass is 9.83. The molecule has 96 valence electrons. The van der Waals surface area contributed by atoms with Crippen molar-refractivity contribution in [1.82, 2.24) is 10.2 Å². The van der Waals surface area contributed by atoms with Crippen molar-refractivity contribution in [2.24, 2.45) is 5.41 Å². The number of thiophene rings is 1. The van der Waals surface area contributed by atoms with Crippen molar-refractivity contribution in [2.75, 3.05) is 26.2 Å². The lowest BCUT2D eigenvalue weighted by molar-refractivity contribution is 0.159. The Hall–Kier alpha value is -0.380. The van der Waals surface area contributed by atoms with Gasteiger partial charge in [0.05, 0.1) is 0 Å². The number of hydrogen-bond acceptors (Lipinski definition) is 3. The molecule has 17 heavy (non-hydrogen) atoms. The molecule has 3 heteroatoms. The predicted octanol–water partition coefficient (Wildman–Crippen LogP) is 2.96. The van der Waals surface area contributed by atoms with E-state index in [2.05, 4.69) is 41.6 Å². The Kier molecular flexibility index (Phi) is 4.60. The zero-order valence-electron chi connectivity index (χ0n) is 11.0. The quantitative estimate of drug-likeness (QED) is 0.837. The second-order valence-corrected chi connectivity index (χ2v) is 6.20. The van der Waals surface area contributed by atoms with Crippen molar-refractivity contribution < 1.29 is 0 Å². The molecule has 0 aromatic carbocycles. The first-order chi connectivity index (χ1) is 8.28. The first kappa shape index (κ1) is 13.1. The predicted molar refractivity (Wildman–Crippen MR) is 75.5 cm³/mol. The minimum Gasteiger partial charge on any atom is -0.316 e. The second-order valence-electron chi connectivity index (χ2n) is 5.16. The first-order valence-electron chi connectivity index (χ1n) is 6.73. The fourth-order valence-corrected chi connectivity index (χ4v) is 3.47. The van der Waals surface area contributed by atoms with Crippen molar-refractivity contribution in [2.45, 2.75) is 33.2 Å². The fraction of sp³-hybridized carbons (Fsp3) is 0.714. The van der Waals surface area contributed by atoms with Crippen LogP contribution in [0.3, 0.4) is 0 Å². The molecule has 1 unspecified atom stereocenters. The minimum atomic E-state index is 0.521. The summed E-state index contributed by atoms with van der Waals surface area (Å²) >= 11 is 1.87. The van der Waals surface area contributed by atoms with Crippen LogP contribution in [0.15, 0.2) is 17.5 Å². The Balaban J connectivity index is 1.94. The van der Waals surface area contributed by atoms with Crippen LogP contribution >= 0.6 is 11.3 Å². The molecule has 1 atom stereocenters. The van der Waals surface area contributed by atoms with Crippen molar-refractivity contribution in [1.29, 1.82) is 0 Å². The third kappa shape index (κ3) is 3.30. The average molecular weight is 252 g/mol. The topological polar surface area (TPSA) is 15.3 Å². The summed E-state index contributed by atoms with van der Waals surface area (Å²) in [5, 5.41) is 5.70. The van der Waals surface area contributed by atoms with Gasteiger partial charge in [0, 0.05) is 24.5 Å². The molecule has 1 saturated heterocycles. The van der Waals surface area contributed by atoms with E-state index in [-0.39, 0.29) is 0 Å². The molecule has 0 radical (unpaired) electrons. The molecule has 1 fully saturated rings. The molecule has 1 aliphatic heterocycles. The van der Waals surface area contributed by atoms with E-state index in [1.165, 1.54) is 37.4 Å². The lowest BCUT2D eigenvalue weighted by Gasteiger charge is -2.33. The van der Waals surface area contributed by atoms with Crippen molar-refractivity contribution in [3.63, 3.8) is 0 Å². The molecule has 2 rings (SSSR count). The maximum absolute atomic E-state index is 3.53. The maximum Gasteiger partial charge on any atom is 0.0328 e. The Morgan fingerprint density at radius 3 is 2.88 bits per heavy atom. The molecule has 0 amide bonds. The zero-order valence-corrected chi connectivity index (χ0v) is 11.9. The minimum absolute atomic E-state index is 0.521. The smallest absolute Gasteiger partial charge is 0.0328 e. The molecule has 0 spiro atoms. The van der Waals surface area contributed by atoms with Gasteiger partial charge in [-0.15, -0.1) is 11.3 Å². The van der Waals surface area contributed by atoms with Crippen LogP contribution in [-0.4, -0.2) is 31.1 Å². The zero-order chi connectivity index (χ0) is 12.1. The van der Waals surface area contributed by atoms with Crippen LogP contribution in [-0.2, 0) is 6.54 Å². The molecule has 1 aromatic rings. The summed E-state index contributed by atoms with van der Waals surface area (Å²) in [6, 6.07) is 4.40. The van der Waals surface area contributed by atoms with Crippen molar-refractivity contribution in [3.8, 4) is 0 Å². The number of rotatable bonds is 6. The van der Waals surface area contributed by atoms with E-state index in [0.717, 1.165) is 13.1 Å². The van der Waals surface area contributed by atoms with E-state index in [4.69, 9.17) is 0 Å². The Labute approximate surface area is 109 Å². The Bertz CT molecular complexity index is 315. The van der Waals surface area contributed by atoms with Gasteiger partial charge in [-0.1, -0.05) is 19.9 Å². The number of nitrogens with zero attached hydrogens (tertiary/aromatic N) is 1. The summed E-state index contributed by atoms with van der Waals surface area (Å²) in [5.74, 6) is 0. The van der Waals surface area contributed by atoms with Crippen LogP contribution in [0, 0.1) is 5.41 Å². The van der Waals surface area contributed by atoms with Crippen LogP contribution in [0.5, 0.6) is 0 Å². The standard InChI is InChI=1S/C14H24N2S/c1-3-14(7-8-15-11-14)12-16(4-2)10-13-6-5-9-17-13/h5-6,9,15H,3-4,7-8,10-12H2,1-2H3. The molecule has 1 aromatic heterocycles. The molecule has 2 heterocycles. The van der Waals surface area contributed by atoms with Crippen molar-refractivity contribution in [3.05, 3.63) is 22.4 Å². The van der Waals surface area contributed by atoms with Gasteiger partial charge in [0.25, 0.3) is 0 Å². The van der Waals surface area contributed by atoms with Gasteiger partial charge in [0.1, 0.15) is 0 Å². The van der Waals surface area contributed by atoms with E-state index < -0.39 is 0 Å². The Morgan fingerprint density at radius 2 is 2.35 bits per heavy atom. The first-order valence-corrected chi connectivity index (χ1v) is 7.61. The van der Waals surface area contributed by atoms with Crippen molar-refractivity contribution >= 4 is 11.3 Å². The van der Waals surface area contributed by atoms with Crippen LogP contribution < -0.4 is 5.32 Å². The summed E-state index contributed by atoms with van der Waals surface area (Å²) in [6.07, 6.45) is 2.63. The number of nitrogens with one attached hydrogen (secondary N) is 1. The summed E-state index contributed by atoms with van der Waals surface area (Å²) in [6.45, 7) is 10.5. The van der Waals surface area contributed by atoms with Gasteiger partial charge in [-0.05, 0) is 42.8 Å². The van der Waals surface area contributed by atoms with E-state index >= 15 is 0 Å². The van der Waals surface area contributed by atoms with E-state index in [0.29, 0.717) is 5.41 Å². The highest BCUT2D eigenvalue weighted by Crippen LogP contribution is 2.31. The third-order valence-corrected chi connectivity index (χ3v) is 4.91. The van der Waals surface area contributed by atoms with E-state index in [9.17, 15) is 0 Å². The van der Waals surface area contributed by atoms with Gasteiger partial charge in [-0.3, -0.25) is 4.90 Å². The second kappa shape index (κ2) is 5.98. The maximum atomic E-state index is 3.53. The molecule has 1 aliphatic rings. The largest absolute Gasteiger partial charge is 0.316 e. The molecule has 0 aliphatic carbocycles. The summed E-state index contributed by atoms with van der Waals surface area (Å²) < 4.78 is 0. The summed E-state index contributed by atoms with van der Waals surface area (Å²) in [4.78, 5) is 4.09. The van der Waals surface area contributed by atoms with Gasteiger partial charge in [0.15, 0.2) is 0 Å². The molecule has 1 N–H and O–H groups in total. The lowest BCUT2D eigenvalue weighted by Crippen LogP contribution is -2.38. The van der Waals surface area contributed by atoms with Crippen LogP contribution in [0.2, 0.25) is 0 Å². The van der Waals surface area contributed by atoms with Crippen LogP contribution in [0.25, 0.3) is 0 Å². The third-order valence-electron chi connectivity index (χ3n) is 4.05. The normalized spacial score (nSPS) is 24.6. The highest BCUT2D eigenvalue weighted by Gasteiger charge is 2.33. The van der Waals surface area contributed by atoms with Gasteiger partial charge >= 0.3 is 0 Å². The van der Waals surface area contributed by atoms with Gasteiger partial charge in [-0.2, -0.15) is 0 Å². The van der Waals surface area contributed by atoms with Crippen LogP contribution in [0.4, 0.5) is 0 Å². The van der Waals surface area contributed by atoms with E-state index in [1.54, 1.807) is 0 Å². The fourth-order valence-electron chi connectivity index (χ4n) is 2.72. The number of hydrogen-bond donors (Lipinski definition) is 1. The summed E-state index contributed by atoms with van der Waals surface area (Å²) in [7, 11) is 0. The molecule has 0 saturated carbocycles. The highest BCUT2D eigenvalue weighted by atomic mass is 32.1. The molecule has 2 nitrogen and oxygen atoms in total. The van der Waals surface area contributed by atoms with Gasteiger partial charge in [-0.25, -0.2) is 0 Å². The molecular weight excluding hydrogens is 228 g/mol.